The molecule has 0 aromatic carbocycles. The molecular formula is C39H80ClN. The monoisotopic (exact) mass is 598 g/mol. The number of hydrogen-bond donors (Lipinski definition) is 1. The van der Waals surface area contributed by atoms with Crippen molar-refractivity contribution >= 4 is 12.4 Å². The molecule has 0 rings (SSSR count). The van der Waals surface area contributed by atoms with E-state index < -0.39 is 0 Å². The fourth-order valence-corrected chi connectivity index (χ4v) is 6.39. The number of allylic oxidation sites excluding steroid dienone is 1. The molecule has 2 heteroatoms. The highest BCUT2D eigenvalue weighted by atomic mass is 35.5. The van der Waals surface area contributed by atoms with Gasteiger partial charge in [-0.3, -0.25) is 0 Å². The summed E-state index contributed by atoms with van der Waals surface area (Å²) in [5.74, 6) is 0. The van der Waals surface area contributed by atoms with Gasteiger partial charge in [-0.05, 0) is 38.3 Å². The first kappa shape index (κ1) is 43.0. The van der Waals surface area contributed by atoms with Crippen LogP contribution in [-0.2, 0) is 0 Å². The van der Waals surface area contributed by atoms with Crippen LogP contribution in [0.1, 0.15) is 233 Å². The van der Waals surface area contributed by atoms with Crippen LogP contribution in [0.25, 0.3) is 0 Å². The van der Waals surface area contributed by atoms with E-state index in [0.717, 1.165) is 0 Å². The Balaban J connectivity index is 0. The number of unbranched alkanes of at least 4 members (excludes halogenated alkanes) is 25. The van der Waals surface area contributed by atoms with Gasteiger partial charge in [0.2, 0.25) is 0 Å². The number of rotatable bonds is 34. The van der Waals surface area contributed by atoms with E-state index in [0.29, 0.717) is 5.54 Å². The molecular weight excluding hydrogens is 518 g/mol. The molecule has 248 valence electrons. The zero-order valence-corrected chi connectivity index (χ0v) is 30.0. The van der Waals surface area contributed by atoms with Crippen molar-refractivity contribution < 1.29 is 0 Å². The predicted octanol–water partition coefficient (Wildman–Crippen LogP) is 14.8. The Kier molecular flexibility index (Phi) is 37.7. The third kappa shape index (κ3) is 31.1. The predicted molar refractivity (Wildman–Crippen MR) is 193 cm³/mol. The van der Waals surface area contributed by atoms with Crippen LogP contribution in [-0.4, -0.2) is 5.54 Å². The molecule has 0 aliphatic carbocycles. The lowest BCUT2D eigenvalue weighted by Gasteiger charge is -2.35. The second-order valence-electron chi connectivity index (χ2n) is 13.4. The van der Waals surface area contributed by atoms with Crippen LogP contribution in [0, 0.1) is 0 Å². The van der Waals surface area contributed by atoms with E-state index in [9.17, 15) is 0 Å². The molecule has 0 spiro atoms. The van der Waals surface area contributed by atoms with Crippen molar-refractivity contribution in [1.29, 1.82) is 0 Å². The van der Waals surface area contributed by atoms with E-state index in [2.05, 4.69) is 45.3 Å². The minimum absolute atomic E-state index is 0. The lowest BCUT2D eigenvalue weighted by molar-refractivity contribution is 0.261. The molecule has 0 saturated carbocycles. The van der Waals surface area contributed by atoms with E-state index in [1.165, 1.54) is 205 Å². The van der Waals surface area contributed by atoms with Gasteiger partial charge in [-0.1, -0.05) is 207 Å². The maximum Gasteiger partial charge on any atom is 0.0368 e. The fourth-order valence-electron chi connectivity index (χ4n) is 6.39. The summed E-state index contributed by atoms with van der Waals surface area (Å²) in [7, 11) is 0. The van der Waals surface area contributed by atoms with Gasteiger partial charge >= 0.3 is 0 Å². The van der Waals surface area contributed by atoms with Gasteiger partial charge in [-0.2, -0.15) is 0 Å². The molecule has 0 unspecified atom stereocenters. The van der Waals surface area contributed by atoms with Crippen LogP contribution in [0.5, 0.6) is 0 Å². The van der Waals surface area contributed by atoms with Gasteiger partial charge in [0, 0.05) is 5.54 Å². The Morgan fingerprint density at radius 2 is 0.634 bits per heavy atom. The summed E-state index contributed by atoms with van der Waals surface area (Å²) >= 11 is 0. The van der Waals surface area contributed by atoms with Crippen molar-refractivity contribution in [2.75, 3.05) is 0 Å². The lowest BCUT2D eigenvalue weighted by atomic mass is 9.81. The Morgan fingerprint density at radius 1 is 0.366 bits per heavy atom. The summed E-state index contributed by atoms with van der Waals surface area (Å²) in [5.41, 5.74) is 0.342. The van der Waals surface area contributed by atoms with Gasteiger partial charge in [-0.25, -0.2) is 0 Å². The molecule has 0 aliphatic rings. The maximum atomic E-state index is 4.09. The van der Waals surface area contributed by atoms with E-state index in [4.69, 9.17) is 0 Å². The zero-order chi connectivity index (χ0) is 29.2. The maximum absolute atomic E-state index is 4.09. The first-order chi connectivity index (χ1) is 19.7. The summed E-state index contributed by atoms with van der Waals surface area (Å²) in [6.45, 7) is 9.30. The van der Waals surface area contributed by atoms with Gasteiger partial charge < -0.3 is 5.32 Å². The Bertz CT molecular complexity index is 447. The molecule has 0 aromatic rings. The lowest BCUT2D eigenvalue weighted by Crippen LogP contribution is -2.42. The van der Waals surface area contributed by atoms with E-state index in [-0.39, 0.29) is 12.4 Å². The summed E-state index contributed by atoms with van der Waals surface area (Å²) in [4.78, 5) is 0. The largest absolute Gasteiger partial charge is 0.386 e. The molecule has 0 aromatic heterocycles. The first-order valence-electron chi connectivity index (χ1n) is 19.2. The number of hydrogen-bond acceptors (Lipinski definition) is 1. The third-order valence-corrected chi connectivity index (χ3v) is 9.26. The first-order valence-corrected chi connectivity index (χ1v) is 19.2. The third-order valence-electron chi connectivity index (χ3n) is 9.26. The average Bonchev–Trinajstić information content (AvgIpc) is 2.96. The van der Waals surface area contributed by atoms with Gasteiger partial charge in [-0.15, -0.1) is 12.4 Å². The molecule has 0 radical (unpaired) electrons. The highest BCUT2D eigenvalue weighted by molar-refractivity contribution is 5.85. The number of halogens is 1. The van der Waals surface area contributed by atoms with Gasteiger partial charge in [0.05, 0.1) is 0 Å². The van der Waals surface area contributed by atoms with Crippen molar-refractivity contribution in [3.63, 3.8) is 0 Å². The summed E-state index contributed by atoms with van der Waals surface area (Å²) in [6, 6.07) is 0. The Hall–Kier alpha value is -0.170. The molecule has 0 aliphatic heterocycles. The zero-order valence-electron chi connectivity index (χ0n) is 29.2. The minimum Gasteiger partial charge on any atom is -0.386 e. The van der Waals surface area contributed by atoms with Gasteiger partial charge in [0.1, 0.15) is 0 Å². The van der Waals surface area contributed by atoms with Gasteiger partial charge in [0.25, 0.3) is 0 Å². The molecule has 0 fully saturated rings. The molecule has 1 N–H and O–H groups in total. The number of nitrogens with one attached hydrogen (secondary N) is 1. The van der Waals surface area contributed by atoms with Crippen molar-refractivity contribution in [2.45, 2.75) is 239 Å². The van der Waals surface area contributed by atoms with E-state index >= 15 is 0 Å². The molecule has 0 bridgehead atoms. The minimum atomic E-state index is 0. The molecule has 0 saturated heterocycles. The summed E-state index contributed by atoms with van der Waals surface area (Å²) in [6.07, 6.45) is 50.0. The average molecular weight is 599 g/mol. The van der Waals surface area contributed by atoms with Crippen LogP contribution < -0.4 is 5.32 Å². The van der Waals surface area contributed by atoms with Crippen LogP contribution >= 0.6 is 12.4 Å². The van der Waals surface area contributed by atoms with E-state index in [1.807, 2.05) is 0 Å². The Morgan fingerprint density at radius 3 is 0.951 bits per heavy atom. The topological polar surface area (TPSA) is 12.0 Å². The van der Waals surface area contributed by atoms with Crippen molar-refractivity contribution in [3.05, 3.63) is 12.3 Å². The normalized spacial score (nSPS) is 11.8. The molecule has 0 amide bonds. The Labute approximate surface area is 268 Å². The van der Waals surface area contributed by atoms with Gasteiger partial charge in [0.15, 0.2) is 0 Å². The van der Waals surface area contributed by atoms with Crippen LogP contribution in [0.4, 0.5) is 0 Å². The van der Waals surface area contributed by atoms with Crippen LogP contribution in [0.3, 0.4) is 0 Å². The SMILES string of the molecule is CCCCCCCCCCCCC=CNC(CCCCCCCC)(CCCCCCCC)CCCCCCCC.Cl. The second kappa shape index (κ2) is 36.0. The van der Waals surface area contributed by atoms with Crippen molar-refractivity contribution in [1.82, 2.24) is 5.32 Å². The smallest absolute Gasteiger partial charge is 0.0368 e. The highest BCUT2D eigenvalue weighted by Crippen LogP contribution is 2.30. The summed E-state index contributed by atoms with van der Waals surface area (Å²) in [5, 5.41) is 4.09. The fraction of sp³-hybridized carbons (Fsp3) is 0.949. The second-order valence-corrected chi connectivity index (χ2v) is 13.4. The molecule has 0 heterocycles. The van der Waals surface area contributed by atoms with Crippen LogP contribution in [0.15, 0.2) is 12.3 Å². The summed E-state index contributed by atoms with van der Waals surface area (Å²) < 4.78 is 0. The molecule has 0 atom stereocenters. The standard InChI is InChI=1S/C39H79N.ClH/c1-5-9-13-17-21-22-23-24-25-26-30-34-38-40-39(35-31-27-18-14-10-6-2,36-32-28-19-15-11-7-3)37-33-29-20-16-12-8-4;/h34,38,40H,5-33,35-37H2,1-4H3;1H. The molecule has 41 heavy (non-hydrogen) atoms. The van der Waals surface area contributed by atoms with Crippen molar-refractivity contribution in [3.8, 4) is 0 Å². The van der Waals surface area contributed by atoms with Crippen molar-refractivity contribution in [2.24, 2.45) is 0 Å². The molecule has 1 nitrogen and oxygen atoms in total. The highest BCUT2D eigenvalue weighted by Gasteiger charge is 2.27. The van der Waals surface area contributed by atoms with Crippen LogP contribution in [0.2, 0.25) is 0 Å². The van der Waals surface area contributed by atoms with E-state index in [1.54, 1.807) is 0 Å². The quantitative estimate of drug-likeness (QED) is 0.0727.